The number of alkyl halides is 2. The molecule has 1 N–H and O–H groups in total. The SMILES string of the molecule is O=C(COc1ccccc1Cc1ccccc1)NCCc1ccc(OC(F)F)cc1. The third-order valence-electron chi connectivity index (χ3n) is 4.45. The highest BCUT2D eigenvalue weighted by Crippen LogP contribution is 2.21. The number of benzene rings is 3. The summed E-state index contributed by atoms with van der Waals surface area (Å²) in [6.07, 6.45) is 1.30. The minimum Gasteiger partial charge on any atom is -0.483 e. The fourth-order valence-corrected chi connectivity index (χ4v) is 2.98. The molecule has 0 aliphatic carbocycles. The van der Waals surface area contributed by atoms with Crippen LogP contribution in [0.2, 0.25) is 0 Å². The molecule has 156 valence electrons. The molecule has 0 aromatic heterocycles. The first-order valence-corrected chi connectivity index (χ1v) is 9.65. The largest absolute Gasteiger partial charge is 0.483 e. The zero-order valence-electron chi connectivity index (χ0n) is 16.4. The first-order chi connectivity index (χ1) is 14.6. The standard InChI is InChI=1S/C24H23F2NO3/c25-24(26)30-21-12-10-18(11-13-21)14-15-27-23(28)17-29-22-9-5-4-8-20(22)16-19-6-2-1-3-7-19/h1-13,24H,14-17H2,(H,27,28). The summed E-state index contributed by atoms with van der Waals surface area (Å²) < 4.78 is 34.4. The first-order valence-electron chi connectivity index (χ1n) is 9.65. The summed E-state index contributed by atoms with van der Waals surface area (Å²) in [4.78, 5) is 12.1. The lowest BCUT2D eigenvalue weighted by atomic mass is 10.0. The van der Waals surface area contributed by atoms with Gasteiger partial charge < -0.3 is 14.8 Å². The van der Waals surface area contributed by atoms with Gasteiger partial charge in [0.1, 0.15) is 11.5 Å². The van der Waals surface area contributed by atoms with E-state index in [9.17, 15) is 13.6 Å². The van der Waals surface area contributed by atoms with Gasteiger partial charge in [0.2, 0.25) is 0 Å². The number of rotatable bonds is 10. The van der Waals surface area contributed by atoms with Crippen molar-refractivity contribution >= 4 is 5.91 Å². The summed E-state index contributed by atoms with van der Waals surface area (Å²) >= 11 is 0. The van der Waals surface area contributed by atoms with Gasteiger partial charge in [-0.05, 0) is 41.3 Å². The Balaban J connectivity index is 1.44. The van der Waals surface area contributed by atoms with Gasteiger partial charge in [-0.25, -0.2) is 0 Å². The van der Waals surface area contributed by atoms with E-state index in [2.05, 4.69) is 22.2 Å². The van der Waals surface area contributed by atoms with Gasteiger partial charge in [0.25, 0.3) is 5.91 Å². The van der Waals surface area contributed by atoms with Crippen LogP contribution in [0.15, 0.2) is 78.9 Å². The van der Waals surface area contributed by atoms with Gasteiger partial charge in [0.05, 0.1) is 0 Å². The number of nitrogens with one attached hydrogen (secondary N) is 1. The minimum absolute atomic E-state index is 0.0764. The predicted molar refractivity (Wildman–Crippen MR) is 111 cm³/mol. The van der Waals surface area contributed by atoms with Crippen molar-refractivity contribution in [2.75, 3.05) is 13.2 Å². The highest BCUT2D eigenvalue weighted by atomic mass is 19.3. The lowest BCUT2D eigenvalue weighted by molar-refractivity contribution is -0.123. The van der Waals surface area contributed by atoms with E-state index >= 15 is 0 Å². The molecule has 3 rings (SSSR count). The molecule has 4 nitrogen and oxygen atoms in total. The van der Waals surface area contributed by atoms with Crippen LogP contribution >= 0.6 is 0 Å². The van der Waals surface area contributed by atoms with Gasteiger partial charge in [0, 0.05) is 13.0 Å². The van der Waals surface area contributed by atoms with E-state index in [1.165, 1.54) is 17.7 Å². The van der Waals surface area contributed by atoms with Crippen molar-refractivity contribution < 1.29 is 23.0 Å². The van der Waals surface area contributed by atoms with Crippen LogP contribution in [0.5, 0.6) is 11.5 Å². The highest BCUT2D eigenvalue weighted by molar-refractivity contribution is 5.77. The maximum atomic E-state index is 12.2. The second-order valence-corrected chi connectivity index (χ2v) is 6.68. The first kappa shape index (κ1) is 21.3. The lowest BCUT2D eigenvalue weighted by Crippen LogP contribution is -2.30. The summed E-state index contributed by atoms with van der Waals surface area (Å²) in [5, 5.41) is 2.80. The van der Waals surface area contributed by atoms with E-state index in [0.29, 0.717) is 18.7 Å². The number of halogens is 2. The molecule has 0 aliphatic heterocycles. The topological polar surface area (TPSA) is 47.6 Å². The van der Waals surface area contributed by atoms with E-state index in [1.54, 1.807) is 12.1 Å². The molecule has 1 amide bonds. The number of carbonyl (C=O) groups is 1. The Bertz CT molecular complexity index is 931. The molecule has 0 atom stereocenters. The zero-order chi connectivity index (χ0) is 21.2. The maximum absolute atomic E-state index is 12.2. The van der Waals surface area contributed by atoms with Gasteiger partial charge in [-0.15, -0.1) is 0 Å². The Labute approximate surface area is 174 Å². The number of carbonyl (C=O) groups excluding carboxylic acids is 1. The molecule has 0 bridgehead atoms. The van der Waals surface area contributed by atoms with Crippen LogP contribution in [0.4, 0.5) is 8.78 Å². The molecule has 0 unspecified atom stereocenters. The number of hydrogen-bond acceptors (Lipinski definition) is 3. The molecule has 3 aromatic rings. The van der Waals surface area contributed by atoms with Gasteiger partial charge in [-0.2, -0.15) is 8.78 Å². The van der Waals surface area contributed by atoms with Gasteiger partial charge in [-0.1, -0.05) is 60.7 Å². The van der Waals surface area contributed by atoms with Crippen LogP contribution in [0, 0.1) is 0 Å². The quantitative estimate of drug-likeness (QED) is 0.530. The van der Waals surface area contributed by atoms with E-state index in [-0.39, 0.29) is 18.3 Å². The molecular formula is C24H23F2NO3. The van der Waals surface area contributed by atoms with Gasteiger partial charge in [0.15, 0.2) is 6.61 Å². The molecule has 0 saturated heterocycles. The van der Waals surface area contributed by atoms with Crippen LogP contribution in [-0.4, -0.2) is 25.7 Å². The van der Waals surface area contributed by atoms with E-state index < -0.39 is 6.61 Å². The average Bonchev–Trinajstić information content (AvgIpc) is 2.75. The Morgan fingerprint density at radius 3 is 2.30 bits per heavy atom. The van der Waals surface area contributed by atoms with Gasteiger partial charge >= 0.3 is 6.61 Å². The number of amides is 1. The van der Waals surface area contributed by atoms with Crippen LogP contribution in [0.25, 0.3) is 0 Å². The summed E-state index contributed by atoms with van der Waals surface area (Å²) in [6.45, 7) is -2.50. The molecule has 0 saturated carbocycles. The molecule has 6 heteroatoms. The van der Waals surface area contributed by atoms with Crippen molar-refractivity contribution in [1.82, 2.24) is 5.32 Å². The van der Waals surface area contributed by atoms with E-state index in [4.69, 9.17) is 4.74 Å². The molecule has 0 spiro atoms. The van der Waals surface area contributed by atoms with E-state index in [1.807, 2.05) is 42.5 Å². The zero-order valence-corrected chi connectivity index (χ0v) is 16.4. The summed E-state index contributed by atoms with van der Waals surface area (Å²) in [5.41, 5.74) is 3.09. The predicted octanol–water partition coefficient (Wildman–Crippen LogP) is 4.62. The number of para-hydroxylation sites is 1. The van der Waals surface area contributed by atoms with Crippen LogP contribution in [0.1, 0.15) is 16.7 Å². The second kappa shape index (κ2) is 11.0. The van der Waals surface area contributed by atoms with Crippen molar-refractivity contribution in [3.05, 3.63) is 95.6 Å². The minimum atomic E-state index is -2.84. The normalized spacial score (nSPS) is 10.6. The van der Waals surface area contributed by atoms with Gasteiger partial charge in [-0.3, -0.25) is 4.79 Å². The fraction of sp³-hybridized carbons (Fsp3) is 0.208. The third kappa shape index (κ3) is 6.88. The fourth-order valence-electron chi connectivity index (χ4n) is 2.98. The second-order valence-electron chi connectivity index (χ2n) is 6.68. The lowest BCUT2D eigenvalue weighted by Gasteiger charge is -2.12. The molecule has 0 fully saturated rings. The molecule has 0 aliphatic rings. The number of hydrogen-bond donors (Lipinski definition) is 1. The van der Waals surface area contributed by atoms with Crippen LogP contribution < -0.4 is 14.8 Å². The van der Waals surface area contributed by atoms with Crippen molar-refractivity contribution in [2.24, 2.45) is 0 Å². The van der Waals surface area contributed by atoms with Crippen LogP contribution in [0.3, 0.4) is 0 Å². The Morgan fingerprint density at radius 2 is 1.57 bits per heavy atom. The smallest absolute Gasteiger partial charge is 0.387 e. The highest BCUT2D eigenvalue weighted by Gasteiger charge is 2.08. The van der Waals surface area contributed by atoms with E-state index in [0.717, 1.165) is 17.5 Å². The monoisotopic (exact) mass is 411 g/mol. The molecule has 30 heavy (non-hydrogen) atoms. The number of ether oxygens (including phenoxy) is 2. The Morgan fingerprint density at radius 1 is 0.867 bits per heavy atom. The maximum Gasteiger partial charge on any atom is 0.387 e. The van der Waals surface area contributed by atoms with Crippen LogP contribution in [-0.2, 0) is 17.6 Å². The average molecular weight is 411 g/mol. The molecular weight excluding hydrogens is 388 g/mol. The van der Waals surface area contributed by atoms with Crippen molar-refractivity contribution in [3.8, 4) is 11.5 Å². The molecule has 0 radical (unpaired) electrons. The Kier molecular flexibility index (Phi) is 7.78. The van der Waals surface area contributed by atoms with Crippen molar-refractivity contribution in [1.29, 1.82) is 0 Å². The third-order valence-corrected chi connectivity index (χ3v) is 4.45. The summed E-state index contributed by atoms with van der Waals surface area (Å²) in [7, 11) is 0. The summed E-state index contributed by atoms with van der Waals surface area (Å²) in [6, 6.07) is 24.1. The summed E-state index contributed by atoms with van der Waals surface area (Å²) in [5.74, 6) is 0.577. The molecule has 3 aromatic carbocycles. The van der Waals surface area contributed by atoms with Crippen molar-refractivity contribution in [2.45, 2.75) is 19.5 Å². The van der Waals surface area contributed by atoms with Crippen molar-refractivity contribution in [3.63, 3.8) is 0 Å². The Hall–Kier alpha value is -3.41. The molecule has 0 heterocycles.